The van der Waals surface area contributed by atoms with Gasteiger partial charge >= 0.3 is 6.09 Å². The van der Waals surface area contributed by atoms with Gasteiger partial charge in [-0.1, -0.05) is 87.5 Å². The number of phenolic OH excluding ortho intramolecular Hbond substituents is 1. The largest absolute Gasteiger partial charge is 0.506 e. The summed E-state index contributed by atoms with van der Waals surface area (Å²) in [4.78, 5) is 57.8. The molecule has 1 saturated carbocycles. The van der Waals surface area contributed by atoms with Crippen molar-refractivity contribution in [3.05, 3.63) is 125 Å². The number of benzene rings is 4. The van der Waals surface area contributed by atoms with E-state index in [0.717, 1.165) is 59.3 Å². The molecule has 5 N–H and O–H groups in total. The molecule has 2 fully saturated rings. The Kier molecular flexibility index (Phi) is 15.5. The molecule has 4 atom stereocenters. The number of carbonyl (C=O) groups excluding carboxylic acids is 3. The molecule has 7 rings (SSSR count). The van der Waals surface area contributed by atoms with Crippen LogP contribution in [0.2, 0.25) is 18.1 Å². The number of ether oxygens (including phenoxy) is 1. The molecular weight excluding hydrogens is 849 g/mol. The summed E-state index contributed by atoms with van der Waals surface area (Å²) in [7, 11) is -0.419. The number of anilines is 2. The summed E-state index contributed by atoms with van der Waals surface area (Å²) in [6, 6.07) is 32.1. The number of likely N-dealkylation sites (tertiary alicyclic amines) is 1. The van der Waals surface area contributed by atoms with Crippen LogP contribution in [0.4, 0.5) is 16.2 Å². The number of aromatic nitrogens is 1. The van der Waals surface area contributed by atoms with Gasteiger partial charge in [0, 0.05) is 81.9 Å². The lowest BCUT2D eigenvalue weighted by molar-refractivity contribution is -0.130. The summed E-state index contributed by atoms with van der Waals surface area (Å²) >= 11 is 0. The molecule has 4 aromatic carbocycles. The Hall–Kier alpha value is -5.80. The van der Waals surface area contributed by atoms with Crippen LogP contribution in [-0.4, -0.2) is 92.0 Å². The van der Waals surface area contributed by atoms with Crippen LogP contribution in [0.1, 0.15) is 70.1 Å². The molecule has 1 aromatic heterocycles. The van der Waals surface area contributed by atoms with Gasteiger partial charge in [-0.05, 0) is 96.3 Å². The van der Waals surface area contributed by atoms with Crippen molar-refractivity contribution in [2.45, 2.75) is 89.8 Å². The minimum Gasteiger partial charge on any atom is -0.506 e. The van der Waals surface area contributed by atoms with E-state index < -0.39 is 14.4 Å². The summed E-state index contributed by atoms with van der Waals surface area (Å²) in [6.45, 7) is 15.1. The van der Waals surface area contributed by atoms with Crippen molar-refractivity contribution in [2.24, 2.45) is 11.8 Å². The van der Waals surface area contributed by atoms with Gasteiger partial charge in [0.05, 0.1) is 17.3 Å². The van der Waals surface area contributed by atoms with E-state index in [9.17, 15) is 24.3 Å². The summed E-state index contributed by atoms with van der Waals surface area (Å²) < 4.78 is 12.8. The Morgan fingerprint density at radius 3 is 2.29 bits per heavy atom. The number of aromatic amines is 1. The van der Waals surface area contributed by atoms with Gasteiger partial charge in [-0.3, -0.25) is 19.7 Å². The zero-order valence-corrected chi connectivity index (χ0v) is 40.2. The second-order valence-corrected chi connectivity index (χ2v) is 24.3. The van der Waals surface area contributed by atoms with Gasteiger partial charge < -0.3 is 39.7 Å². The average Bonchev–Trinajstić information content (AvgIpc) is 3.84. The molecule has 0 radical (unpaired) electrons. The number of nitrogens with one attached hydrogen (secondary N) is 4. The van der Waals surface area contributed by atoms with Gasteiger partial charge in [0.1, 0.15) is 11.9 Å². The van der Waals surface area contributed by atoms with Crippen molar-refractivity contribution in [1.29, 1.82) is 0 Å². The van der Waals surface area contributed by atoms with E-state index in [1.165, 1.54) is 6.07 Å². The van der Waals surface area contributed by atoms with Crippen molar-refractivity contribution < 1.29 is 28.7 Å². The standard InChI is InChI=1S/C52H66N6O7Si/c1-52(2,3)66(5,6)65-46(42-22-24-45(59)50-43(42)23-25-48(61)56-50)32-53-31-35-18-20-39(21-19-35)54-47(60)17-12-27-57(4)49(62)26-28-58-33-37-29-40(30-38(37)34-58)64-51(63)55-44-16-11-10-15-41(44)36-13-8-7-9-14-36/h7-11,13-16,18-25,37-38,40,46,53,59H,12,17,26-34H2,1-6H3,(H,54,60)(H,55,63)(H,56,61)/t37-,38+,40?,46-/m0/s1. The summed E-state index contributed by atoms with van der Waals surface area (Å²) in [5, 5.41) is 20.7. The molecule has 5 aromatic rings. The van der Waals surface area contributed by atoms with Crippen LogP contribution in [0.5, 0.6) is 5.75 Å². The molecule has 1 aliphatic heterocycles. The predicted octanol–water partition coefficient (Wildman–Crippen LogP) is 9.28. The molecule has 1 aliphatic carbocycles. The topological polar surface area (TPSA) is 165 Å². The zero-order chi connectivity index (χ0) is 47.0. The fourth-order valence-electron chi connectivity index (χ4n) is 8.98. The van der Waals surface area contributed by atoms with Crippen LogP contribution in [0, 0.1) is 11.8 Å². The third-order valence-electron chi connectivity index (χ3n) is 13.7. The number of rotatable bonds is 18. The minimum atomic E-state index is -2.22. The Balaban J connectivity index is 0.792. The monoisotopic (exact) mass is 914 g/mol. The van der Waals surface area contributed by atoms with E-state index in [0.29, 0.717) is 68.5 Å². The maximum Gasteiger partial charge on any atom is 0.411 e. The first-order chi connectivity index (χ1) is 31.5. The Bertz CT molecular complexity index is 2510. The fourth-order valence-corrected chi connectivity index (χ4v) is 10.3. The molecule has 0 spiro atoms. The van der Waals surface area contributed by atoms with Crippen LogP contribution in [0.25, 0.3) is 22.0 Å². The second-order valence-electron chi connectivity index (χ2n) is 19.5. The maximum atomic E-state index is 13.0. The number of phenols is 1. The molecule has 2 heterocycles. The number of fused-ring (bicyclic) bond motifs is 2. The van der Waals surface area contributed by atoms with Gasteiger partial charge in [0.25, 0.3) is 0 Å². The predicted molar refractivity (Wildman–Crippen MR) is 264 cm³/mol. The SMILES string of the molecule is CN(CCCC(=O)Nc1ccc(CNC[C@H](O[Si](C)(C)C(C)(C)C)c2ccc(O)c3[nH]c(=O)ccc23)cc1)C(=O)CCN1C[C@H]2CC(OC(=O)Nc3ccccc3-c3ccccc3)C[C@H]2C1. The zero-order valence-electron chi connectivity index (χ0n) is 39.2. The van der Waals surface area contributed by atoms with Crippen molar-refractivity contribution in [1.82, 2.24) is 20.1 Å². The van der Waals surface area contributed by atoms with Gasteiger partial charge in [-0.2, -0.15) is 0 Å². The molecule has 1 saturated heterocycles. The summed E-state index contributed by atoms with van der Waals surface area (Å²) in [5.41, 5.74) is 5.45. The number of hydrogen-bond acceptors (Lipinski definition) is 9. The molecule has 3 amide bonds. The molecule has 14 heteroatoms. The Morgan fingerprint density at radius 1 is 0.879 bits per heavy atom. The Labute approximate surface area is 389 Å². The number of amides is 3. The number of H-pyrrole nitrogens is 1. The third kappa shape index (κ3) is 12.3. The van der Waals surface area contributed by atoms with Crippen LogP contribution in [-0.2, 0) is 25.3 Å². The van der Waals surface area contributed by atoms with E-state index in [2.05, 4.69) is 59.7 Å². The molecule has 13 nitrogen and oxygen atoms in total. The number of hydrogen-bond donors (Lipinski definition) is 5. The molecule has 350 valence electrons. The van der Waals surface area contributed by atoms with Crippen molar-refractivity contribution >= 4 is 48.5 Å². The van der Waals surface area contributed by atoms with E-state index >= 15 is 0 Å². The first-order valence-electron chi connectivity index (χ1n) is 23.2. The van der Waals surface area contributed by atoms with Crippen LogP contribution >= 0.6 is 0 Å². The van der Waals surface area contributed by atoms with Crippen molar-refractivity contribution in [2.75, 3.05) is 50.4 Å². The molecule has 1 unspecified atom stereocenters. The first kappa shape index (κ1) is 48.1. The average molecular weight is 915 g/mol. The maximum absolute atomic E-state index is 13.0. The number of para-hydroxylation sites is 1. The lowest BCUT2D eigenvalue weighted by Crippen LogP contribution is -2.43. The quantitative estimate of drug-likeness (QED) is 0.0539. The summed E-state index contributed by atoms with van der Waals surface area (Å²) in [5.74, 6) is 0.865. The smallest absolute Gasteiger partial charge is 0.411 e. The van der Waals surface area contributed by atoms with Gasteiger partial charge in [-0.25, -0.2) is 4.79 Å². The highest BCUT2D eigenvalue weighted by atomic mass is 28.4. The van der Waals surface area contributed by atoms with Gasteiger partial charge in [0.2, 0.25) is 17.4 Å². The normalized spacial score (nSPS) is 17.9. The molecule has 66 heavy (non-hydrogen) atoms. The first-order valence-corrected chi connectivity index (χ1v) is 26.1. The van der Waals surface area contributed by atoms with Crippen molar-refractivity contribution in [3.8, 4) is 16.9 Å². The van der Waals surface area contributed by atoms with Gasteiger partial charge in [0.15, 0.2) is 8.32 Å². The van der Waals surface area contributed by atoms with E-state index in [-0.39, 0.29) is 40.4 Å². The lowest BCUT2D eigenvalue weighted by atomic mass is 10.0. The number of aromatic hydroxyl groups is 1. The van der Waals surface area contributed by atoms with E-state index in [1.54, 1.807) is 24.1 Å². The molecule has 2 aliphatic rings. The molecule has 0 bridgehead atoms. The highest BCUT2D eigenvalue weighted by Crippen LogP contribution is 2.42. The fraction of sp³-hybridized carbons (Fsp3) is 0.423. The van der Waals surface area contributed by atoms with E-state index in [1.807, 2.05) is 84.9 Å². The molecular formula is C52H66N6O7Si. The van der Waals surface area contributed by atoms with E-state index in [4.69, 9.17) is 9.16 Å². The highest BCUT2D eigenvalue weighted by molar-refractivity contribution is 6.74. The van der Waals surface area contributed by atoms with Gasteiger partial charge in [-0.15, -0.1) is 0 Å². The van der Waals surface area contributed by atoms with Crippen LogP contribution in [0.15, 0.2) is 108 Å². The Morgan fingerprint density at radius 2 is 1.58 bits per heavy atom. The number of nitrogens with zero attached hydrogens (tertiary/aromatic N) is 2. The minimum absolute atomic E-state index is 0.0153. The van der Waals surface area contributed by atoms with Crippen LogP contribution in [0.3, 0.4) is 0 Å². The summed E-state index contributed by atoms with van der Waals surface area (Å²) in [6.07, 6.45) is 2.06. The number of carbonyl (C=O) groups is 3. The lowest BCUT2D eigenvalue weighted by Gasteiger charge is -2.39. The third-order valence-corrected chi connectivity index (χ3v) is 18.2. The second kappa shape index (κ2) is 21.2. The highest BCUT2D eigenvalue weighted by Gasteiger charge is 2.43. The van der Waals surface area contributed by atoms with Crippen molar-refractivity contribution in [3.63, 3.8) is 0 Å². The van der Waals surface area contributed by atoms with Crippen LogP contribution < -0.4 is 21.5 Å². The number of pyridine rings is 1.